The molecule has 1 amide bonds. The quantitative estimate of drug-likeness (QED) is 0.750. The van der Waals surface area contributed by atoms with Crippen LogP contribution in [0.4, 0.5) is 0 Å². The number of nitrogens with two attached hydrogens (primary N) is 1. The van der Waals surface area contributed by atoms with E-state index in [1.54, 1.807) is 0 Å². The molecular formula is C20H35Cl2N5O. The molecule has 1 aromatic heterocycles. The van der Waals surface area contributed by atoms with Gasteiger partial charge in [-0.05, 0) is 31.6 Å². The molecule has 2 saturated heterocycles. The number of carbonyl (C=O) groups is 1. The first kappa shape index (κ1) is 23.5. The number of fused-ring (bicyclic) bond motifs is 1. The zero-order valence-corrected chi connectivity index (χ0v) is 18.3. The number of H-pyrrole nitrogens is 1. The maximum Gasteiger partial charge on any atom is 0.222 e. The molecule has 0 aromatic carbocycles. The lowest BCUT2D eigenvalue weighted by Gasteiger charge is -2.47. The van der Waals surface area contributed by atoms with Gasteiger partial charge in [-0.2, -0.15) is 5.10 Å². The van der Waals surface area contributed by atoms with Gasteiger partial charge >= 0.3 is 0 Å². The van der Waals surface area contributed by atoms with Crippen molar-refractivity contribution in [3.63, 3.8) is 0 Å². The van der Waals surface area contributed by atoms with Crippen molar-refractivity contribution in [3.8, 4) is 0 Å². The Bertz CT molecular complexity index is 619. The van der Waals surface area contributed by atoms with E-state index in [0.717, 1.165) is 32.5 Å². The smallest absolute Gasteiger partial charge is 0.222 e. The number of likely N-dealkylation sites (tertiary alicyclic amines) is 2. The Morgan fingerprint density at radius 1 is 1.14 bits per heavy atom. The number of carbonyl (C=O) groups excluding carboxylic acids is 1. The summed E-state index contributed by atoms with van der Waals surface area (Å²) in [4.78, 5) is 16.9. The van der Waals surface area contributed by atoms with Crippen LogP contribution < -0.4 is 5.73 Å². The number of nitrogens with one attached hydrogen (secondary N) is 1. The van der Waals surface area contributed by atoms with E-state index < -0.39 is 0 Å². The van der Waals surface area contributed by atoms with Gasteiger partial charge in [-0.1, -0.05) is 19.3 Å². The third-order valence-corrected chi connectivity index (χ3v) is 6.76. The summed E-state index contributed by atoms with van der Waals surface area (Å²) >= 11 is 0. The van der Waals surface area contributed by atoms with Gasteiger partial charge in [0.2, 0.25) is 5.91 Å². The number of piperidine rings is 2. The molecule has 1 aromatic rings. The monoisotopic (exact) mass is 431 g/mol. The Hall–Kier alpha value is -0.820. The largest absolute Gasteiger partial charge is 0.338 e. The number of rotatable bonds is 5. The summed E-state index contributed by atoms with van der Waals surface area (Å²) in [5.74, 6) is 1.57. The van der Waals surface area contributed by atoms with Gasteiger partial charge in [0.1, 0.15) is 0 Å². The number of halogens is 2. The van der Waals surface area contributed by atoms with Gasteiger partial charge in [0, 0.05) is 62.4 Å². The van der Waals surface area contributed by atoms with Crippen molar-refractivity contribution in [3.05, 3.63) is 17.5 Å². The molecule has 0 radical (unpaired) electrons. The van der Waals surface area contributed by atoms with Crippen LogP contribution in [-0.4, -0.2) is 58.1 Å². The van der Waals surface area contributed by atoms with E-state index >= 15 is 0 Å². The van der Waals surface area contributed by atoms with Crippen molar-refractivity contribution in [2.45, 2.75) is 69.9 Å². The van der Waals surface area contributed by atoms with Crippen LogP contribution >= 0.6 is 24.8 Å². The van der Waals surface area contributed by atoms with Crippen LogP contribution in [0.3, 0.4) is 0 Å². The van der Waals surface area contributed by atoms with Crippen LogP contribution in [-0.2, 0) is 11.3 Å². The average molecular weight is 432 g/mol. The lowest BCUT2D eigenvalue weighted by molar-refractivity contribution is -0.141. The standard InChI is InChI=1S/C20H33N5O.2ClH/c21-9-11-25-18-8-10-24(13-16(18)6-7-19(25)26)14-17-12-22-23-20(17)15-4-2-1-3-5-15;;/h12,15-16,18H,1-11,13-14,21H2,(H,22,23);2*1H/t16-,18+;;/m0../s1. The summed E-state index contributed by atoms with van der Waals surface area (Å²) in [6.45, 7) is 4.43. The molecule has 3 fully saturated rings. The van der Waals surface area contributed by atoms with Crippen molar-refractivity contribution < 1.29 is 4.79 Å². The summed E-state index contributed by atoms with van der Waals surface area (Å²) in [7, 11) is 0. The molecule has 8 heteroatoms. The molecule has 0 spiro atoms. The highest BCUT2D eigenvalue weighted by molar-refractivity contribution is 5.85. The highest BCUT2D eigenvalue weighted by atomic mass is 35.5. The van der Waals surface area contributed by atoms with Crippen molar-refractivity contribution in [2.75, 3.05) is 26.2 Å². The molecule has 6 nitrogen and oxygen atoms in total. The maximum absolute atomic E-state index is 12.2. The molecule has 1 aliphatic carbocycles. The van der Waals surface area contributed by atoms with Crippen LogP contribution in [0.15, 0.2) is 6.20 Å². The number of amides is 1. The molecule has 2 atom stereocenters. The van der Waals surface area contributed by atoms with Crippen molar-refractivity contribution in [1.29, 1.82) is 0 Å². The maximum atomic E-state index is 12.2. The van der Waals surface area contributed by atoms with Gasteiger partial charge in [-0.25, -0.2) is 0 Å². The molecule has 3 N–H and O–H groups in total. The van der Waals surface area contributed by atoms with E-state index in [9.17, 15) is 4.79 Å². The van der Waals surface area contributed by atoms with E-state index in [4.69, 9.17) is 5.73 Å². The lowest BCUT2D eigenvalue weighted by atomic mass is 9.83. The van der Waals surface area contributed by atoms with Crippen LogP contribution in [0.5, 0.6) is 0 Å². The number of aromatic nitrogens is 2. The average Bonchev–Trinajstić information content (AvgIpc) is 3.13. The second-order valence-corrected chi connectivity index (χ2v) is 8.41. The molecule has 0 bridgehead atoms. The summed E-state index contributed by atoms with van der Waals surface area (Å²) in [5, 5.41) is 7.68. The molecular weight excluding hydrogens is 397 g/mol. The fourth-order valence-corrected chi connectivity index (χ4v) is 5.43. The Morgan fingerprint density at radius 3 is 2.68 bits per heavy atom. The Kier molecular flexibility index (Phi) is 9.06. The van der Waals surface area contributed by atoms with Crippen LogP contribution in [0.25, 0.3) is 0 Å². The van der Waals surface area contributed by atoms with E-state index in [0.29, 0.717) is 43.3 Å². The van der Waals surface area contributed by atoms with E-state index in [1.165, 1.54) is 43.4 Å². The summed E-state index contributed by atoms with van der Waals surface area (Å²) in [6, 6.07) is 0.401. The zero-order chi connectivity index (χ0) is 17.9. The van der Waals surface area contributed by atoms with Crippen molar-refractivity contribution >= 4 is 30.7 Å². The van der Waals surface area contributed by atoms with Gasteiger partial charge < -0.3 is 10.6 Å². The molecule has 4 rings (SSSR count). The topological polar surface area (TPSA) is 78.2 Å². The SMILES string of the molecule is Cl.Cl.NCCN1C(=O)CC[C@H]2CN(Cc3cn[nH]c3C3CCCCC3)CC[C@H]21. The number of hydrogen-bond donors (Lipinski definition) is 2. The molecule has 3 aliphatic rings. The highest BCUT2D eigenvalue weighted by Gasteiger charge is 2.39. The Morgan fingerprint density at radius 2 is 1.93 bits per heavy atom. The summed E-state index contributed by atoms with van der Waals surface area (Å²) in [6.07, 6.45) is 11.5. The molecule has 0 unspecified atom stereocenters. The fraction of sp³-hybridized carbons (Fsp3) is 0.800. The normalized spacial score (nSPS) is 26.3. The van der Waals surface area contributed by atoms with E-state index in [1.807, 2.05) is 6.20 Å². The molecule has 160 valence electrons. The van der Waals surface area contributed by atoms with Crippen molar-refractivity contribution in [1.82, 2.24) is 20.0 Å². The summed E-state index contributed by atoms with van der Waals surface area (Å²) in [5.41, 5.74) is 8.51. The van der Waals surface area contributed by atoms with Gasteiger partial charge in [0.05, 0.1) is 6.20 Å². The predicted molar refractivity (Wildman–Crippen MR) is 116 cm³/mol. The predicted octanol–water partition coefficient (Wildman–Crippen LogP) is 3.07. The van der Waals surface area contributed by atoms with Gasteiger partial charge in [0.25, 0.3) is 0 Å². The second kappa shape index (κ2) is 10.8. The number of aromatic amines is 1. The molecule has 28 heavy (non-hydrogen) atoms. The minimum atomic E-state index is 0. The highest BCUT2D eigenvalue weighted by Crippen LogP contribution is 2.35. The van der Waals surface area contributed by atoms with E-state index in [2.05, 4.69) is 20.0 Å². The first-order valence-corrected chi connectivity index (χ1v) is 10.5. The number of hydrogen-bond acceptors (Lipinski definition) is 4. The third-order valence-electron chi connectivity index (χ3n) is 6.76. The minimum absolute atomic E-state index is 0. The van der Waals surface area contributed by atoms with Gasteiger partial charge in [-0.15, -0.1) is 24.8 Å². The number of nitrogens with zero attached hydrogens (tertiary/aromatic N) is 3. The van der Waals surface area contributed by atoms with Crippen LogP contribution in [0.1, 0.15) is 68.5 Å². The van der Waals surface area contributed by atoms with Crippen LogP contribution in [0.2, 0.25) is 0 Å². The molecule has 3 heterocycles. The minimum Gasteiger partial charge on any atom is -0.338 e. The Balaban J connectivity index is 0.00000140. The van der Waals surface area contributed by atoms with Gasteiger partial charge in [-0.3, -0.25) is 14.8 Å². The third kappa shape index (κ3) is 5.02. The lowest BCUT2D eigenvalue weighted by Crippen LogP contribution is -2.56. The zero-order valence-electron chi connectivity index (χ0n) is 16.6. The summed E-state index contributed by atoms with van der Waals surface area (Å²) < 4.78 is 0. The van der Waals surface area contributed by atoms with E-state index in [-0.39, 0.29) is 24.8 Å². The first-order valence-electron chi connectivity index (χ1n) is 10.5. The van der Waals surface area contributed by atoms with Gasteiger partial charge in [0.15, 0.2) is 0 Å². The second-order valence-electron chi connectivity index (χ2n) is 8.41. The van der Waals surface area contributed by atoms with Crippen molar-refractivity contribution in [2.24, 2.45) is 11.7 Å². The Labute approximate surface area is 180 Å². The molecule has 2 aliphatic heterocycles. The molecule has 1 saturated carbocycles. The fourth-order valence-electron chi connectivity index (χ4n) is 5.43. The first-order chi connectivity index (χ1) is 12.8. The van der Waals surface area contributed by atoms with Crippen LogP contribution in [0, 0.1) is 5.92 Å².